The third-order valence-corrected chi connectivity index (χ3v) is 3.27. The summed E-state index contributed by atoms with van der Waals surface area (Å²) in [5, 5.41) is 3.13. The van der Waals surface area contributed by atoms with Crippen LogP contribution in [0.1, 0.15) is 18.2 Å². The molecule has 1 amide bonds. The lowest BCUT2D eigenvalue weighted by Gasteiger charge is -2.24. The highest BCUT2D eigenvalue weighted by Crippen LogP contribution is 2.25. The van der Waals surface area contributed by atoms with Crippen LogP contribution in [0.2, 0.25) is 0 Å². The van der Waals surface area contributed by atoms with Crippen molar-refractivity contribution in [3.63, 3.8) is 0 Å². The number of amides is 1. The van der Waals surface area contributed by atoms with Gasteiger partial charge in [0.05, 0.1) is 27.2 Å². The maximum absolute atomic E-state index is 11.9. The van der Waals surface area contributed by atoms with E-state index in [2.05, 4.69) is 10.1 Å². The monoisotopic (exact) mass is 278 g/mol. The Morgan fingerprint density at radius 2 is 2.25 bits per heavy atom. The fourth-order valence-corrected chi connectivity index (χ4v) is 2.22. The Hall–Kier alpha value is -2.08. The van der Waals surface area contributed by atoms with E-state index in [0.717, 1.165) is 11.3 Å². The SMILES string of the molecule is COC(=O)CCN1C(=O)CNC1c1cccc(OC)c1. The Bertz CT molecular complexity index is 504. The second-order valence-corrected chi connectivity index (χ2v) is 4.47. The van der Waals surface area contributed by atoms with Gasteiger partial charge in [0.2, 0.25) is 5.91 Å². The molecule has 1 aromatic carbocycles. The Kier molecular flexibility index (Phi) is 4.57. The van der Waals surface area contributed by atoms with E-state index in [-0.39, 0.29) is 31.0 Å². The summed E-state index contributed by atoms with van der Waals surface area (Å²) in [5.41, 5.74) is 0.931. The first-order valence-electron chi connectivity index (χ1n) is 6.39. The molecule has 1 saturated heterocycles. The van der Waals surface area contributed by atoms with E-state index in [1.165, 1.54) is 7.11 Å². The van der Waals surface area contributed by atoms with E-state index >= 15 is 0 Å². The summed E-state index contributed by atoms with van der Waals surface area (Å²) in [7, 11) is 2.94. The van der Waals surface area contributed by atoms with Crippen LogP contribution < -0.4 is 10.1 Å². The van der Waals surface area contributed by atoms with Gasteiger partial charge in [-0.25, -0.2) is 0 Å². The summed E-state index contributed by atoms with van der Waals surface area (Å²) in [6.45, 7) is 0.601. The van der Waals surface area contributed by atoms with Crippen molar-refractivity contribution in [2.75, 3.05) is 27.3 Å². The Labute approximate surface area is 117 Å². The molecule has 0 bridgehead atoms. The van der Waals surface area contributed by atoms with E-state index < -0.39 is 0 Å². The fraction of sp³-hybridized carbons (Fsp3) is 0.429. The van der Waals surface area contributed by atoms with Crippen molar-refractivity contribution in [1.82, 2.24) is 10.2 Å². The average molecular weight is 278 g/mol. The number of carbonyl (C=O) groups excluding carboxylic acids is 2. The number of carbonyl (C=O) groups is 2. The van der Waals surface area contributed by atoms with E-state index in [1.54, 1.807) is 12.0 Å². The van der Waals surface area contributed by atoms with Gasteiger partial charge in [-0.3, -0.25) is 14.9 Å². The van der Waals surface area contributed by atoms with Crippen molar-refractivity contribution in [2.24, 2.45) is 0 Å². The van der Waals surface area contributed by atoms with E-state index in [9.17, 15) is 9.59 Å². The predicted molar refractivity (Wildman–Crippen MR) is 72.1 cm³/mol. The highest BCUT2D eigenvalue weighted by Gasteiger charge is 2.31. The van der Waals surface area contributed by atoms with Crippen LogP contribution in [0.3, 0.4) is 0 Å². The molecule has 6 nitrogen and oxygen atoms in total. The maximum Gasteiger partial charge on any atom is 0.307 e. The summed E-state index contributed by atoms with van der Waals surface area (Å²) in [5.74, 6) is 0.382. The molecule has 1 aromatic rings. The normalized spacial score (nSPS) is 18.2. The van der Waals surface area contributed by atoms with Crippen molar-refractivity contribution in [3.8, 4) is 5.75 Å². The van der Waals surface area contributed by atoms with E-state index in [1.807, 2.05) is 24.3 Å². The molecule has 0 aromatic heterocycles. The number of nitrogens with one attached hydrogen (secondary N) is 1. The molecule has 20 heavy (non-hydrogen) atoms. The minimum atomic E-state index is -0.325. The number of rotatable bonds is 5. The number of esters is 1. The second kappa shape index (κ2) is 6.38. The molecule has 1 atom stereocenters. The molecule has 0 saturated carbocycles. The summed E-state index contributed by atoms with van der Waals surface area (Å²) in [6.07, 6.45) is -0.0491. The van der Waals surface area contributed by atoms with Crippen LogP contribution in [0, 0.1) is 0 Å². The Morgan fingerprint density at radius 1 is 1.45 bits per heavy atom. The van der Waals surface area contributed by atoms with Gasteiger partial charge >= 0.3 is 5.97 Å². The lowest BCUT2D eigenvalue weighted by Crippen LogP contribution is -2.32. The zero-order valence-electron chi connectivity index (χ0n) is 11.6. The van der Waals surface area contributed by atoms with Crippen LogP contribution >= 0.6 is 0 Å². The molecular weight excluding hydrogens is 260 g/mol. The van der Waals surface area contributed by atoms with Crippen molar-refractivity contribution >= 4 is 11.9 Å². The van der Waals surface area contributed by atoms with Gasteiger partial charge in [0.25, 0.3) is 0 Å². The molecule has 1 heterocycles. The topological polar surface area (TPSA) is 67.9 Å². The maximum atomic E-state index is 11.9. The molecule has 108 valence electrons. The molecule has 1 unspecified atom stereocenters. The molecule has 1 aliphatic rings. The molecule has 1 fully saturated rings. The zero-order valence-corrected chi connectivity index (χ0v) is 11.6. The highest BCUT2D eigenvalue weighted by molar-refractivity contribution is 5.81. The number of hydrogen-bond donors (Lipinski definition) is 1. The first-order valence-corrected chi connectivity index (χ1v) is 6.39. The number of hydrogen-bond acceptors (Lipinski definition) is 5. The van der Waals surface area contributed by atoms with Gasteiger partial charge < -0.3 is 14.4 Å². The van der Waals surface area contributed by atoms with Crippen LogP contribution in [0.25, 0.3) is 0 Å². The van der Waals surface area contributed by atoms with Crippen LogP contribution in [-0.2, 0) is 14.3 Å². The molecule has 0 radical (unpaired) electrons. The first-order chi connectivity index (χ1) is 9.65. The largest absolute Gasteiger partial charge is 0.497 e. The second-order valence-electron chi connectivity index (χ2n) is 4.47. The predicted octanol–water partition coefficient (Wildman–Crippen LogP) is 0.689. The lowest BCUT2D eigenvalue weighted by atomic mass is 10.1. The third-order valence-electron chi connectivity index (χ3n) is 3.27. The molecular formula is C14H18N2O4. The van der Waals surface area contributed by atoms with Gasteiger partial charge in [-0.1, -0.05) is 12.1 Å². The number of methoxy groups -OCH3 is 2. The lowest BCUT2D eigenvalue weighted by molar-refractivity contribution is -0.141. The number of benzene rings is 1. The van der Waals surface area contributed by atoms with Gasteiger partial charge in [-0.05, 0) is 17.7 Å². The quantitative estimate of drug-likeness (QED) is 0.803. The van der Waals surface area contributed by atoms with Crippen LogP contribution in [0.15, 0.2) is 24.3 Å². The van der Waals surface area contributed by atoms with Crippen molar-refractivity contribution in [2.45, 2.75) is 12.6 Å². The first kappa shape index (κ1) is 14.3. The van der Waals surface area contributed by atoms with Crippen molar-refractivity contribution in [3.05, 3.63) is 29.8 Å². The average Bonchev–Trinajstić information content (AvgIpc) is 2.85. The van der Waals surface area contributed by atoms with Crippen molar-refractivity contribution in [1.29, 1.82) is 0 Å². The zero-order chi connectivity index (χ0) is 14.5. The molecule has 1 N–H and O–H groups in total. The van der Waals surface area contributed by atoms with Crippen molar-refractivity contribution < 1.29 is 19.1 Å². The van der Waals surface area contributed by atoms with Gasteiger partial charge in [0.1, 0.15) is 11.9 Å². The molecule has 1 aliphatic heterocycles. The molecule has 0 aliphatic carbocycles. The molecule has 6 heteroatoms. The molecule has 2 rings (SSSR count). The summed E-state index contributed by atoms with van der Waals surface area (Å²) in [6, 6.07) is 7.52. The number of ether oxygens (including phenoxy) is 2. The smallest absolute Gasteiger partial charge is 0.307 e. The summed E-state index contributed by atoms with van der Waals surface area (Å²) in [4.78, 5) is 24.8. The van der Waals surface area contributed by atoms with E-state index in [4.69, 9.17) is 4.74 Å². The third kappa shape index (κ3) is 3.08. The highest BCUT2D eigenvalue weighted by atomic mass is 16.5. The van der Waals surface area contributed by atoms with Gasteiger partial charge in [-0.2, -0.15) is 0 Å². The Balaban J connectivity index is 2.12. The van der Waals surface area contributed by atoms with Gasteiger partial charge in [0.15, 0.2) is 0 Å². The summed E-state index contributed by atoms with van der Waals surface area (Å²) < 4.78 is 9.79. The van der Waals surface area contributed by atoms with Crippen LogP contribution in [0.5, 0.6) is 5.75 Å². The van der Waals surface area contributed by atoms with Gasteiger partial charge in [-0.15, -0.1) is 0 Å². The minimum absolute atomic E-state index is 0.0262. The van der Waals surface area contributed by atoms with Crippen LogP contribution in [-0.4, -0.2) is 44.1 Å². The number of nitrogens with zero attached hydrogens (tertiary/aromatic N) is 1. The summed E-state index contributed by atoms with van der Waals surface area (Å²) >= 11 is 0. The minimum Gasteiger partial charge on any atom is -0.497 e. The van der Waals surface area contributed by atoms with E-state index in [0.29, 0.717) is 6.54 Å². The fourth-order valence-electron chi connectivity index (χ4n) is 2.22. The van der Waals surface area contributed by atoms with Crippen LogP contribution in [0.4, 0.5) is 0 Å². The molecule has 0 spiro atoms. The Morgan fingerprint density at radius 3 is 2.95 bits per heavy atom. The standard InChI is InChI=1S/C14H18N2O4/c1-19-11-5-3-4-10(8-11)14-15-9-12(17)16(14)7-6-13(18)20-2/h3-5,8,14-15H,6-7,9H2,1-2H3. The van der Waals surface area contributed by atoms with Gasteiger partial charge in [0, 0.05) is 6.54 Å².